The molecule has 0 saturated carbocycles. The molecule has 2 atom stereocenters. The van der Waals surface area contributed by atoms with Gasteiger partial charge in [0.15, 0.2) is 4.75 Å². The van der Waals surface area contributed by atoms with E-state index in [0.717, 1.165) is 22.2 Å². The molecular weight excluding hydrogens is 471 g/mol. The van der Waals surface area contributed by atoms with Gasteiger partial charge in [-0.15, -0.1) is 0 Å². The van der Waals surface area contributed by atoms with Crippen molar-refractivity contribution >= 4 is 22.9 Å². The maximum absolute atomic E-state index is 13.5. The molecule has 2 amide bonds. The van der Waals surface area contributed by atoms with Gasteiger partial charge in [-0.1, -0.05) is 60.7 Å². The second kappa shape index (κ2) is 7.56. The first kappa shape index (κ1) is 20.4. The number of amides is 2. The van der Waals surface area contributed by atoms with Gasteiger partial charge >= 0.3 is 0 Å². The Kier molecular flexibility index (Phi) is 5.70. The number of imide groups is 1. The van der Waals surface area contributed by atoms with Crippen LogP contribution in [-0.2, 0) is 11.3 Å². The molecule has 0 unspecified atom stereocenters. The number of hydrogen-bond acceptors (Lipinski definition) is 3. The third kappa shape index (κ3) is 3.67. The van der Waals surface area contributed by atoms with E-state index in [1.165, 1.54) is 16.7 Å². The van der Waals surface area contributed by atoms with Crippen molar-refractivity contribution in [2.75, 3.05) is 27.2 Å². The van der Waals surface area contributed by atoms with E-state index in [4.69, 9.17) is 0 Å². The zero-order valence-corrected chi connectivity index (χ0v) is 18.4. The average molecular weight is 494 g/mol. The number of benzene rings is 2. The summed E-state index contributed by atoms with van der Waals surface area (Å²) < 4.78 is 0.0431. The van der Waals surface area contributed by atoms with Crippen molar-refractivity contribution in [3.8, 4) is 0 Å². The highest BCUT2D eigenvalue weighted by Crippen LogP contribution is 2.53. The number of nitrogens with zero attached hydrogens (tertiary/aromatic N) is 2. The SMILES string of the molecule is C[N+]1(C)C[C@@H](c2ccccc2)[C@]2(C1)SC(=O)N(Cc1ccccc1)C2=O.[I-]. The van der Waals surface area contributed by atoms with Crippen molar-refractivity contribution in [1.29, 1.82) is 0 Å². The topological polar surface area (TPSA) is 37.4 Å². The van der Waals surface area contributed by atoms with E-state index in [1.807, 2.05) is 48.5 Å². The molecule has 2 aromatic rings. The summed E-state index contributed by atoms with van der Waals surface area (Å²) >= 11 is 1.24. The predicted molar refractivity (Wildman–Crippen MR) is 104 cm³/mol. The maximum atomic E-state index is 13.5. The Labute approximate surface area is 181 Å². The van der Waals surface area contributed by atoms with Crippen molar-refractivity contribution in [2.45, 2.75) is 17.2 Å². The average Bonchev–Trinajstić information content (AvgIpc) is 3.03. The van der Waals surface area contributed by atoms with Crippen LogP contribution in [0, 0.1) is 0 Å². The summed E-state index contributed by atoms with van der Waals surface area (Å²) in [7, 11) is 4.28. The molecule has 142 valence electrons. The van der Waals surface area contributed by atoms with Crippen LogP contribution in [0.3, 0.4) is 0 Å². The molecule has 0 aromatic heterocycles. The van der Waals surface area contributed by atoms with E-state index in [1.54, 1.807) is 0 Å². The van der Waals surface area contributed by atoms with Gasteiger partial charge < -0.3 is 28.5 Å². The number of carbonyl (C=O) groups is 2. The third-order valence-electron chi connectivity index (χ3n) is 5.39. The minimum absolute atomic E-state index is 0. The summed E-state index contributed by atoms with van der Waals surface area (Å²) in [5, 5.41) is -0.123. The number of likely N-dealkylation sites (N-methyl/N-ethyl adjacent to an activating group) is 1. The van der Waals surface area contributed by atoms with Crippen LogP contribution in [0.1, 0.15) is 17.0 Å². The summed E-state index contributed by atoms with van der Waals surface area (Å²) in [5.74, 6) is 0.00910. The number of likely N-dealkylation sites (tertiary alicyclic amines) is 1. The zero-order chi connectivity index (χ0) is 18.4. The molecule has 2 aliphatic rings. The van der Waals surface area contributed by atoms with Crippen molar-refractivity contribution in [3.63, 3.8) is 0 Å². The van der Waals surface area contributed by atoms with Crippen LogP contribution < -0.4 is 24.0 Å². The van der Waals surface area contributed by atoms with Crippen molar-refractivity contribution in [2.24, 2.45) is 0 Å². The fourth-order valence-corrected chi connectivity index (χ4v) is 5.83. The lowest BCUT2D eigenvalue weighted by Gasteiger charge is -2.26. The Hall–Kier alpha value is -1.38. The number of carbonyl (C=O) groups excluding carboxylic acids is 2. The monoisotopic (exact) mass is 494 g/mol. The van der Waals surface area contributed by atoms with Crippen LogP contribution >= 0.6 is 11.8 Å². The van der Waals surface area contributed by atoms with Gasteiger partial charge in [-0.2, -0.15) is 0 Å². The van der Waals surface area contributed by atoms with E-state index < -0.39 is 4.75 Å². The quantitative estimate of drug-likeness (QED) is 0.461. The highest BCUT2D eigenvalue weighted by molar-refractivity contribution is 8.16. The minimum atomic E-state index is -0.698. The van der Waals surface area contributed by atoms with Crippen LogP contribution in [0.25, 0.3) is 0 Å². The molecule has 1 spiro atoms. The van der Waals surface area contributed by atoms with E-state index >= 15 is 0 Å². The number of hydrogen-bond donors (Lipinski definition) is 0. The molecule has 2 aromatic carbocycles. The van der Waals surface area contributed by atoms with Gasteiger partial charge in [0.05, 0.1) is 33.1 Å². The molecule has 0 N–H and O–H groups in total. The molecule has 0 aliphatic carbocycles. The Bertz CT molecular complexity index is 844. The highest BCUT2D eigenvalue weighted by atomic mass is 127. The Morgan fingerprint density at radius 1 is 1.04 bits per heavy atom. The van der Waals surface area contributed by atoms with Gasteiger partial charge in [-0.3, -0.25) is 14.5 Å². The van der Waals surface area contributed by atoms with E-state index in [2.05, 4.69) is 26.2 Å². The highest BCUT2D eigenvalue weighted by Gasteiger charge is 2.65. The standard InChI is InChI=1S/C21H23N2O2S.HI/c1-23(2)14-18(17-11-7-4-8-12-17)21(15-23)19(24)22(20(25)26-21)13-16-9-5-3-6-10-16;/h3-12,18H,13-15H2,1-2H3;1H/q+1;/p-1/t18-,21-;/m0./s1. The van der Waals surface area contributed by atoms with E-state index in [0.29, 0.717) is 13.1 Å². The van der Waals surface area contributed by atoms with Gasteiger partial charge in [0.2, 0.25) is 0 Å². The van der Waals surface area contributed by atoms with Crippen LogP contribution in [0.15, 0.2) is 60.7 Å². The minimum Gasteiger partial charge on any atom is -1.00 e. The first-order valence-electron chi connectivity index (χ1n) is 8.87. The molecule has 0 bridgehead atoms. The second-order valence-corrected chi connectivity index (χ2v) is 9.16. The third-order valence-corrected chi connectivity index (χ3v) is 6.73. The molecule has 4 nitrogen and oxygen atoms in total. The lowest BCUT2D eigenvalue weighted by atomic mass is 9.87. The van der Waals surface area contributed by atoms with Crippen LogP contribution in [0.2, 0.25) is 0 Å². The lowest BCUT2D eigenvalue weighted by Crippen LogP contribution is -3.00. The van der Waals surface area contributed by atoms with Crippen molar-refractivity contribution in [1.82, 2.24) is 4.90 Å². The fraction of sp³-hybridized carbons (Fsp3) is 0.333. The Morgan fingerprint density at radius 3 is 2.26 bits per heavy atom. The molecule has 2 aliphatic heterocycles. The first-order valence-corrected chi connectivity index (χ1v) is 9.69. The summed E-state index contributed by atoms with van der Waals surface area (Å²) in [6, 6.07) is 19.9. The molecular formula is C21H23IN2O2S. The smallest absolute Gasteiger partial charge is 0.289 e. The van der Waals surface area contributed by atoms with Gasteiger partial charge in [0, 0.05) is 0 Å². The summed E-state index contributed by atoms with van der Waals surface area (Å²) in [6.07, 6.45) is 0. The van der Waals surface area contributed by atoms with Crippen LogP contribution in [-0.4, -0.2) is 52.5 Å². The molecule has 2 fully saturated rings. The van der Waals surface area contributed by atoms with Gasteiger partial charge in [0.25, 0.3) is 11.1 Å². The molecule has 4 rings (SSSR count). The second-order valence-electron chi connectivity index (χ2n) is 7.87. The first-order chi connectivity index (χ1) is 12.4. The molecule has 0 radical (unpaired) electrons. The van der Waals surface area contributed by atoms with E-state index in [-0.39, 0.29) is 41.0 Å². The van der Waals surface area contributed by atoms with Crippen molar-refractivity contribution < 1.29 is 38.0 Å². The predicted octanol–water partition coefficient (Wildman–Crippen LogP) is 0.499. The molecule has 27 heavy (non-hydrogen) atoms. The van der Waals surface area contributed by atoms with Gasteiger partial charge in [0.1, 0.15) is 6.54 Å². The number of thioether (sulfide) groups is 1. The number of halogens is 1. The molecule has 2 heterocycles. The molecule has 6 heteroatoms. The largest absolute Gasteiger partial charge is 1.00 e. The number of quaternary nitrogens is 1. The van der Waals surface area contributed by atoms with Crippen molar-refractivity contribution in [3.05, 3.63) is 71.8 Å². The zero-order valence-electron chi connectivity index (χ0n) is 15.5. The summed E-state index contributed by atoms with van der Waals surface area (Å²) in [6.45, 7) is 1.88. The Balaban J connectivity index is 0.00000210. The Morgan fingerprint density at radius 2 is 1.63 bits per heavy atom. The maximum Gasteiger partial charge on any atom is 0.289 e. The van der Waals surface area contributed by atoms with Gasteiger partial charge in [-0.25, -0.2) is 0 Å². The molecule has 2 saturated heterocycles. The fourth-order valence-electron chi connectivity index (χ4n) is 4.30. The summed E-state index contributed by atoms with van der Waals surface area (Å²) in [4.78, 5) is 27.7. The summed E-state index contributed by atoms with van der Waals surface area (Å²) in [5.41, 5.74) is 2.13. The van der Waals surface area contributed by atoms with Crippen LogP contribution in [0.4, 0.5) is 4.79 Å². The normalized spacial score (nSPS) is 26.4. The van der Waals surface area contributed by atoms with Crippen LogP contribution in [0.5, 0.6) is 0 Å². The van der Waals surface area contributed by atoms with Gasteiger partial charge in [-0.05, 0) is 22.9 Å². The lowest BCUT2D eigenvalue weighted by molar-refractivity contribution is -0.878. The van der Waals surface area contributed by atoms with E-state index in [9.17, 15) is 9.59 Å². The number of rotatable bonds is 3.